The second-order valence-corrected chi connectivity index (χ2v) is 7.97. The molecule has 0 spiro atoms. The Bertz CT molecular complexity index is 1390. The van der Waals surface area contributed by atoms with Crippen LogP contribution in [0.1, 0.15) is 24.1 Å². The molecule has 3 aromatic rings. The number of carbonyl (C=O) groups is 1. The summed E-state index contributed by atoms with van der Waals surface area (Å²) in [6, 6.07) is 8.12. The lowest BCUT2D eigenvalue weighted by molar-refractivity contribution is -0.136. The highest BCUT2D eigenvalue weighted by atomic mass is 32.1. The van der Waals surface area contributed by atoms with Crippen molar-refractivity contribution in [2.45, 2.75) is 13.0 Å². The van der Waals surface area contributed by atoms with Gasteiger partial charge in [0.05, 0.1) is 37.1 Å². The van der Waals surface area contributed by atoms with Crippen LogP contribution in [0.5, 0.6) is 11.5 Å². The van der Waals surface area contributed by atoms with Crippen LogP contribution in [-0.4, -0.2) is 36.8 Å². The van der Waals surface area contributed by atoms with E-state index in [1.165, 1.54) is 30.1 Å². The third-order valence-corrected chi connectivity index (χ3v) is 6.15. The van der Waals surface area contributed by atoms with E-state index in [9.17, 15) is 9.59 Å². The van der Waals surface area contributed by atoms with Gasteiger partial charge in [-0.3, -0.25) is 14.3 Å². The van der Waals surface area contributed by atoms with E-state index in [0.29, 0.717) is 32.1 Å². The lowest BCUT2D eigenvalue weighted by atomic mass is 9.95. The second-order valence-electron chi connectivity index (χ2n) is 6.96. The number of rotatable bonds is 5. The van der Waals surface area contributed by atoms with Crippen molar-refractivity contribution in [1.29, 1.82) is 0 Å². The molecule has 1 atom stereocenters. The summed E-state index contributed by atoms with van der Waals surface area (Å²) in [7, 11) is 4.39. The number of nitrogens with zero attached hydrogens (tertiary/aromatic N) is 3. The third kappa shape index (κ3) is 3.71. The van der Waals surface area contributed by atoms with Gasteiger partial charge in [-0.2, -0.15) is 0 Å². The number of esters is 1. The topological polar surface area (TPSA) is 92.0 Å². The van der Waals surface area contributed by atoms with Gasteiger partial charge in [-0.25, -0.2) is 9.79 Å². The molecule has 0 aliphatic carbocycles. The number of thiazole rings is 1. The van der Waals surface area contributed by atoms with Crippen molar-refractivity contribution in [1.82, 2.24) is 9.55 Å². The van der Waals surface area contributed by atoms with Crippen LogP contribution in [0.3, 0.4) is 0 Å². The molecule has 0 radical (unpaired) electrons. The zero-order valence-electron chi connectivity index (χ0n) is 18.0. The van der Waals surface area contributed by atoms with Gasteiger partial charge in [-0.1, -0.05) is 11.3 Å². The second kappa shape index (κ2) is 8.80. The molecule has 1 aliphatic rings. The van der Waals surface area contributed by atoms with Crippen molar-refractivity contribution >= 4 is 23.4 Å². The summed E-state index contributed by atoms with van der Waals surface area (Å²) in [5, 5.41) is 0. The first-order chi connectivity index (χ1) is 15.5. The van der Waals surface area contributed by atoms with Crippen LogP contribution in [0, 0.1) is 0 Å². The van der Waals surface area contributed by atoms with E-state index in [1.54, 1.807) is 50.7 Å². The number of hydrogen-bond acceptors (Lipinski definition) is 8. The van der Waals surface area contributed by atoms with Gasteiger partial charge in [0.1, 0.15) is 17.5 Å². The quantitative estimate of drug-likeness (QED) is 0.550. The van der Waals surface area contributed by atoms with Gasteiger partial charge >= 0.3 is 5.97 Å². The summed E-state index contributed by atoms with van der Waals surface area (Å²) in [4.78, 5) is 35.3. The Labute approximate surface area is 187 Å². The van der Waals surface area contributed by atoms with Crippen LogP contribution >= 0.6 is 11.3 Å². The molecule has 1 aromatic carbocycles. The Morgan fingerprint density at radius 2 is 1.88 bits per heavy atom. The van der Waals surface area contributed by atoms with E-state index < -0.39 is 12.0 Å². The summed E-state index contributed by atoms with van der Waals surface area (Å²) in [6.07, 6.45) is 5.10. The maximum absolute atomic E-state index is 13.5. The minimum Gasteiger partial charge on any atom is -0.497 e. The normalized spacial score (nSPS) is 15.8. The Balaban J connectivity index is 2.01. The minimum atomic E-state index is -0.765. The fourth-order valence-electron chi connectivity index (χ4n) is 3.64. The first-order valence-corrected chi connectivity index (χ1v) is 10.5. The van der Waals surface area contributed by atoms with Gasteiger partial charge in [0.2, 0.25) is 0 Å². The van der Waals surface area contributed by atoms with Gasteiger partial charge in [0, 0.05) is 24.0 Å². The van der Waals surface area contributed by atoms with Crippen LogP contribution in [0.2, 0.25) is 0 Å². The summed E-state index contributed by atoms with van der Waals surface area (Å²) in [5.74, 6) is 0.516. The van der Waals surface area contributed by atoms with Crippen LogP contribution in [-0.2, 0) is 9.53 Å². The molecule has 1 aliphatic heterocycles. The van der Waals surface area contributed by atoms with Crippen LogP contribution in [0.25, 0.3) is 6.08 Å². The average molecular weight is 452 g/mol. The smallest absolute Gasteiger partial charge is 0.338 e. The van der Waals surface area contributed by atoms with E-state index in [4.69, 9.17) is 14.2 Å². The van der Waals surface area contributed by atoms with E-state index in [1.807, 2.05) is 12.1 Å². The van der Waals surface area contributed by atoms with Gasteiger partial charge in [-0.15, -0.1) is 0 Å². The molecule has 4 rings (SSSR count). The minimum absolute atomic E-state index is 0.262. The first-order valence-electron chi connectivity index (χ1n) is 9.71. The number of benzene rings is 1. The first kappa shape index (κ1) is 21.5. The van der Waals surface area contributed by atoms with Crippen molar-refractivity contribution in [2.75, 3.05) is 21.3 Å². The van der Waals surface area contributed by atoms with Crippen molar-refractivity contribution in [3.05, 3.63) is 84.8 Å². The number of ether oxygens (including phenoxy) is 3. The molecule has 32 heavy (non-hydrogen) atoms. The molecule has 0 amide bonds. The molecule has 164 valence electrons. The van der Waals surface area contributed by atoms with Crippen LogP contribution < -0.4 is 24.4 Å². The molecule has 9 heteroatoms. The third-order valence-electron chi connectivity index (χ3n) is 5.17. The average Bonchev–Trinajstić information content (AvgIpc) is 3.12. The van der Waals surface area contributed by atoms with Gasteiger partial charge < -0.3 is 14.2 Å². The van der Waals surface area contributed by atoms with Gasteiger partial charge in [0.15, 0.2) is 4.80 Å². The van der Waals surface area contributed by atoms with Gasteiger partial charge in [-0.05, 0) is 42.8 Å². The SMILES string of the molecule is COC(=O)C1=C(C)N=c2s/c(=C\c3ccncc3)c(=O)n2[C@H]1c1ccc(OC)cc1OC. The van der Waals surface area contributed by atoms with Crippen molar-refractivity contribution in [3.8, 4) is 11.5 Å². The molecule has 0 unspecified atom stereocenters. The lowest BCUT2D eigenvalue weighted by Crippen LogP contribution is -2.40. The summed E-state index contributed by atoms with van der Waals surface area (Å²) >= 11 is 1.26. The van der Waals surface area contributed by atoms with E-state index in [2.05, 4.69) is 9.98 Å². The molecule has 0 bridgehead atoms. The molecule has 8 nitrogen and oxygen atoms in total. The van der Waals surface area contributed by atoms with Crippen LogP contribution in [0.4, 0.5) is 0 Å². The van der Waals surface area contributed by atoms with Gasteiger partial charge in [0.25, 0.3) is 5.56 Å². The number of methoxy groups -OCH3 is 3. The van der Waals surface area contributed by atoms with E-state index in [0.717, 1.165) is 5.56 Å². The monoisotopic (exact) mass is 451 g/mol. The highest BCUT2D eigenvalue weighted by Gasteiger charge is 2.35. The largest absolute Gasteiger partial charge is 0.497 e. The molecular weight excluding hydrogens is 430 g/mol. The zero-order valence-corrected chi connectivity index (χ0v) is 18.8. The van der Waals surface area contributed by atoms with Crippen molar-refractivity contribution in [3.63, 3.8) is 0 Å². The molecule has 0 N–H and O–H groups in total. The zero-order chi connectivity index (χ0) is 22.8. The number of allylic oxidation sites excluding steroid dienone is 1. The molecule has 0 saturated heterocycles. The van der Waals surface area contributed by atoms with Crippen molar-refractivity contribution < 1.29 is 19.0 Å². The Kier molecular flexibility index (Phi) is 5.91. The highest BCUT2D eigenvalue weighted by Crippen LogP contribution is 2.37. The molecule has 3 heterocycles. The fourth-order valence-corrected chi connectivity index (χ4v) is 4.69. The Morgan fingerprint density at radius 3 is 2.53 bits per heavy atom. The molecule has 0 fully saturated rings. The number of carbonyl (C=O) groups excluding carboxylic acids is 1. The molecular formula is C23H21N3O5S. The number of aromatic nitrogens is 2. The predicted octanol–water partition coefficient (Wildman–Crippen LogP) is 1.82. The maximum Gasteiger partial charge on any atom is 0.338 e. The van der Waals surface area contributed by atoms with E-state index >= 15 is 0 Å². The molecule has 0 saturated carbocycles. The molecule has 2 aromatic heterocycles. The number of fused-ring (bicyclic) bond motifs is 1. The summed E-state index contributed by atoms with van der Waals surface area (Å²) < 4.78 is 17.9. The summed E-state index contributed by atoms with van der Waals surface area (Å²) in [5.41, 5.74) is 1.96. The lowest BCUT2D eigenvalue weighted by Gasteiger charge is -2.25. The van der Waals surface area contributed by atoms with Crippen LogP contribution in [0.15, 0.2) is 63.8 Å². The number of pyridine rings is 1. The Morgan fingerprint density at radius 1 is 1.12 bits per heavy atom. The Hall–Kier alpha value is -3.72. The highest BCUT2D eigenvalue weighted by molar-refractivity contribution is 7.07. The van der Waals surface area contributed by atoms with E-state index in [-0.39, 0.29) is 11.1 Å². The standard InChI is InChI=1S/C23H21N3O5S/c1-13-19(22(28)31-4)20(16-6-5-15(29-2)12-17(16)30-3)26-21(27)18(32-23(26)25-13)11-14-7-9-24-10-8-14/h5-12,20H,1-4H3/b18-11-/t20-/m0/s1. The number of hydrogen-bond donors (Lipinski definition) is 0. The van der Waals surface area contributed by atoms with Crippen molar-refractivity contribution in [2.24, 2.45) is 4.99 Å². The summed E-state index contributed by atoms with van der Waals surface area (Å²) in [6.45, 7) is 1.73. The maximum atomic E-state index is 13.5. The predicted molar refractivity (Wildman–Crippen MR) is 120 cm³/mol. The fraction of sp³-hybridized carbons (Fsp3) is 0.217.